The number of nitrogens with zero attached hydrogens (tertiary/aromatic N) is 4. The van der Waals surface area contributed by atoms with Crippen LogP contribution in [0.1, 0.15) is 59.2 Å². The van der Waals surface area contributed by atoms with Gasteiger partial charge >= 0.3 is 0 Å². The number of aryl methyl sites for hydroxylation is 1. The molecule has 1 saturated heterocycles. The highest BCUT2D eigenvalue weighted by Gasteiger charge is 2.28. The average molecular weight is 445 g/mol. The van der Waals surface area contributed by atoms with Gasteiger partial charge in [-0.25, -0.2) is 9.97 Å². The lowest BCUT2D eigenvalue weighted by Crippen LogP contribution is -2.34. The third-order valence-corrected chi connectivity index (χ3v) is 6.07. The van der Waals surface area contributed by atoms with E-state index in [2.05, 4.69) is 9.88 Å². The van der Waals surface area contributed by atoms with E-state index in [1.165, 1.54) is 0 Å². The molecule has 0 spiro atoms. The minimum atomic E-state index is -0.0774. The summed E-state index contributed by atoms with van der Waals surface area (Å²) in [5.74, 6) is 2.05. The summed E-state index contributed by atoms with van der Waals surface area (Å²) in [5, 5.41) is 0.585. The van der Waals surface area contributed by atoms with E-state index in [9.17, 15) is 4.79 Å². The second-order valence-electron chi connectivity index (χ2n) is 8.36. The normalized spacial score (nSPS) is 19.0. The zero-order valence-electron chi connectivity index (χ0n) is 18.4. The molecule has 2 aliphatic heterocycles. The molecule has 0 bridgehead atoms. The molecule has 0 radical (unpaired) electrons. The molecule has 0 N–H and O–H groups in total. The number of aromatic nitrogens is 2. The van der Waals surface area contributed by atoms with E-state index in [1.807, 2.05) is 19.1 Å². The maximum atomic E-state index is 12.3. The highest BCUT2D eigenvalue weighted by Crippen LogP contribution is 2.39. The number of ether oxygens (including phenoxy) is 2. The number of carbonyl (C=O) groups excluding carboxylic acids is 1. The Labute approximate surface area is 188 Å². The van der Waals surface area contributed by atoms with Gasteiger partial charge in [0.15, 0.2) is 11.5 Å². The highest BCUT2D eigenvalue weighted by molar-refractivity contribution is 6.32. The molecule has 1 aromatic carbocycles. The van der Waals surface area contributed by atoms with Crippen LogP contribution in [-0.4, -0.2) is 59.5 Å². The first-order chi connectivity index (χ1) is 14.9. The van der Waals surface area contributed by atoms with Crippen molar-refractivity contribution >= 4 is 17.5 Å². The second-order valence-corrected chi connectivity index (χ2v) is 8.77. The predicted molar refractivity (Wildman–Crippen MR) is 119 cm³/mol. The quantitative estimate of drug-likeness (QED) is 0.709. The van der Waals surface area contributed by atoms with Gasteiger partial charge in [-0.2, -0.15) is 0 Å². The van der Waals surface area contributed by atoms with Crippen molar-refractivity contribution in [3.63, 3.8) is 0 Å². The first-order valence-corrected chi connectivity index (χ1v) is 11.2. The van der Waals surface area contributed by atoms with Crippen LogP contribution in [-0.2, 0) is 6.54 Å². The number of likely N-dealkylation sites (tertiary alicyclic amines) is 1. The molecule has 31 heavy (non-hydrogen) atoms. The van der Waals surface area contributed by atoms with Gasteiger partial charge in [-0.1, -0.05) is 18.0 Å². The third kappa shape index (κ3) is 4.77. The molecule has 1 aromatic heterocycles. The molecule has 1 amide bonds. The standard InChI is InChI=1S/C23H29ClN4O3/c1-15-17(23(29)27(2)3)13-25-22(26-15)19-7-4-5-8-28(19)14-16-11-18(24)21-20(12-16)30-9-6-10-31-21/h11-13,19H,4-10,14H2,1-3H3/t19-/m0/s1. The molecule has 0 unspecified atom stereocenters. The molecule has 2 aliphatic rings. The van der Waals surface area contributed by atoms with E-state index in [1.54, 1.807) is 25.2 Å². The van der Waals surface area contributed by atoms with Gasteiger partial charge in [0.1, 0.15) is 5.82 Å². The predicted octanol–water partition coefficient (Wildman–Crippen LogP) is 4.03. The lowest BCUT2D eigenvalue weighted by molar-refractivity contribution is 0.0825. The topological polar surface area (TPSA) is 67.8 Å². The molecule has 166 valence electrons. The largest absolute Gasteiger partial charge is 0.489 e. The molecule has 4 rings (SSSR count). The van der Waals surface area contributed by atoms with E-state index in [0.29, 0.717) is 41.0 Å². The maximum absolute atomic E-state index is 12.3. The molecule has 3 heterocycles. The number of amides is 1. The lowest BCUT2D eigenvalue weighted by atomic mass is 10.00. The molecule has 0 aliphatic carbocycles. The number of rotatable bonds is 4. The number of hydrogen-bond acceptors (Lipinski definition) is 6. The van der Waals surface area contributed by atoms with Crippen LogP contribution < -0.4 is 9.47 Å². The summed E-state index contributed by atoms with van der Waals surface area (Å²) in [6.45, 7) is 4.80. The van der Waals surface area contributed by atoms with Crippen LogP contribution in [0.2, 0.25) is 5.02 Å². The van der Waals surface area contributed by atoms with E-state index in [4.69, 9.17) is 26.1 Å². The summed E-state index contributed by atoms with van der Waals surface area (Å²) in [7, 11) is 3.47. The van der Waals surface area contributed by atoms with Crippen LogP contribution >= 0.6 is 11.6 Å². The van der Waals surface area contributed by atoms with Crippen molar-refractivity contribution in [1.82, 2.24) is 19.8 Å². The Morgan fingerprint density at radius 2 is 2.03 bits per heavy atom. The highest BCUT2D eigenvalue weighted by atomic mass is 35.5. The molecule has 7 nitrogen and oxygen atoms in total. The Hall–Kier alpha value is -2.38. The van der Waals surface area contributed by atoms with Crippen LogP contribution in [0, 0.1) is 6.92 Å². The van der Waals surface area contributed by atoms with Gasteiger partial charge in [0.25, 0.3) is 5.91 Å². The fourth-order valence-electron chi connectivity index (χ4n) is 4.18. The number of benzene rings is 1. The zero-order chi connectivity index (χ0) is 22.0. The molecular weight excluding hydrogens is 416 g/mol. The van der Waals surface area contributed by atoms with Crippen molar-refractivity contribution in [2.45, 2.75) is 45.2 Å². The SMILES string of the molecule is Cc1nc([C@@H]2CCCCN2Cc2cc(Cl)c3c(c2)OCCCO3)ncc1C(=O)N(C)C. The second kappa shape index (κ2) is 9.40. The number of fused-ring (bicyclic) bond motifs is 1. The molecule has 2 aromatic rings. The Kier molecular flexibility index (Phi) is 6.62. The molecule has 0 saturated carbocycles. The van der Waals surface area contributed by atoms with Crippen LogP contribution in [0.4, 0.5) is 0 Å². The molecular formula is C23H29ClN4O3. The number of piperidine rings is 1. The monoisotopic (exact) mass is 444 g/mol. The third-order valence-electron chi connectivity index (χ3n) is 5.79. The lowest BCUT2D eigenvalue weighted by Gasteiger charge is -2.35. The molecule has 1 fully saturated rings. The first kappa shape index (κ1) is 21.8. The zero-order valence-corrected chi connectivity index (χ0v) is 19.1. The van der Waals surface area contributed by atoms with Crippen LogP contribution in [0.5, 0.6) is 11.5 Å². The van der Waals surface area contributed by atoms with Gasteiger partial charge in [-0.3, -0.25) is 9.69 Å². The fourth-order valence-corrected chi connectivity index (χ4v) is 4.47. The minimum Gasteiger partial charge on any atom is -0.489 e. The summed E-state index contributed by atoms with van der Waals surface area (Å²) < 4.78 is 11.6. The van der Waals surface area contributed by atoms with Crippen molar-refractivity contribution in [1.29, 1.82) is 0 Å². The maximum Gasteiger partial charge on any atom is 0.256 e. The fraction of sp³-hybridized carbons (Fsp3) is 0.522. The average Bonchev–Trinajstić information content (AvgIpc) is 2.99. The summed E-state index contributed by atoms with van der Waals surface area (Å²) in [4.78, 5) is 25.6. The smallest absolute Gasteiger partial charge is 0.256 e. The van der Waals surface area contributed by atoms with E-state index in [-0.39, 0.29) is 11.9 Å². The Morgan fingerprint density at radius 3 is 2.81 bits per heavy atom. The Bertz CT molecular complexity index is 966. The van der Waals surface area contributed by atoms with Crippen molar-refractivity contribution in [3.05, 3.63) is 46.0 Å². The number of carbonyl (C=O) groups is 1. The van der Waals surface area contributed by atoms with Crippen molar-refractivity contribution < 1.29 is 14.3 Å². The number of hydrogen-bond donors (Lipinski definition) is 0. The van der Waals surface area contributed by atoms with Gasteiger partial charge < -0.3 is 14.4 Å². The van der Waals surface area contributed by atoms with Crippen LogP contribution in [0.25, 0.3) is 0 Å². The molecule has 8 heteroatoms. The van der Waals surface area contributed by atoms with Crippen molar-refractivity contribution in [2.24, 2.45) is 0 Å². The van der Waals surface area contributed by atoms with Crippen molar-refractivity contribution in [2.75, 3.05) is 33.9 Å². The van der Waals surface area contributed by atoms with E-state index < -0.39 is 0 Å². The Morgan fingerprint density at radius 1 is 1.23 bits per heavy atom. The first-order valence-electron chi connectivity index (χ1n) is 10.8. The van der Waals surface area contributed by atoms with E-state index in [0.717, 1.165) is 50.2 Å². The summed E-state index contributed by atoms with van der Waals surface area (Å²) in [6, 6.07) is 4.10. The van der Waals surface area contributed by atoms with Gasteiger partial charge in [-0.05, 0) is 44.0 Å². The number of halogens is 1. The summed E-state index contributed by atoms with van der Waals surface area (Å²) in [6.07, 6.45) is 5.75. The summed E-state index contributed by atoms with van der Waals surface area (Å²) in [5.41, 5.74) is 2.34. The Balaban J connectivity index is 1.57. The van der Waals surface area contributed by atoms with Gasteiger partial charge in [0, 0.05) is 33.3 Å². The molecule has 1 atom stereocenters. The summed E-state index contributed by atoms with van der Waals surface area (Å²) >= 11 is 6.50. The minimum absolute atomic E-state index is 0.0774. The van der Waals surface area contributed by atoms with Gasteiger partial charge in [0.05, 0.1) is 35.5 Å². The van der Waals surface area contributed by atoms with Gasteiger partial charge in [0.2, 0.25) is 0 Å². The van der Waals surface area contributed by atoms with Crippen LogP contribution in [0.3, 0.4) is 0 Å². The van der Waals surface area contributed by atoms with Crippen molar-refractivity contribution in [3.8, 4) is 11.5 Å². The van der Waals surface area contributed by atoms with Crippen LogP contribution in [0.15, 0.2) is 18.3 Å². The van der Waals surface area contributed by atoms with Gasteiger partial charge in [-0.15, -0.1) is 0 Å². The van der Waals surface area contributed by atoms with E-state index >= 15 is 0 Å².